The maximum atomic E-state index is 12.3. The molecule has 2 aromatic rings. The summed E-state index contributed by atoms with van der Waals surface area (Å²) >= 11 is 4.56. The van der Waals surface area contributed by atoms with Crippen LogP contribution in [0.5, 0.6) is 0 Å². The Balaban J connectivity index is 1.88. The number of rotatable bonds is 7. The lowest BCUT2D eigenvalue weighted by molar-refractivity contribution is -0.128. The van der Waals surface area contributed by atoms with Gasteiger partial charge in [0, 0.05) is 13.1 Å². The molecule has 0 aliphatic rings. The summed E-state index contributed by atoms with van der Waals surface area (Å²) in [5.41, 5.74) is 1.15. The van der Waals surface area contributed by atoms with Crippen molar-refractivity contribution in [1.29, 1.82) is 0 Å². The normalized spacial score (nSPS) is 10.6. The van der Waals surface area contributed by atoms with Crippen LogP contribution in [-0.2, 0) is 11.3 Å². The lowest BCUT2D eigenvalue weighted by Gasteiger charge is -2.20. The number of hydrogen-bond acceptors (Lipinski definition) is 6. The van der Waals surface area contributed by atoms with Gasteiger partial charge in [-0.25, -0.2) is 0 Å². The zero-order valence-corrected chi connectivity index (χ0v) is 14.4. The van der Waals surface area contributed by atoms with E-state index in [4.69, 9.17) is 0 Å². The Morgan fingerprint density at radius 2 is 1.95 bits per heavy atom. The van der Waals surface area contributed by atoms with Crippen molar-refractivity contribution in [3.05, 3.63) is 35.9 Å². The zero-order valence-electron chi connectivity index (χ0n) is 12.0. The molecule has 0 saturated carbocycles. The van der Waals surface area contributed by atoms with Gasteiger partial charge in [0.05, 0.1) is 5.75 Å². The van der Waals surface area contributed by atoms with Crippen molar-refractivity contribution >= 4 is 40.8 Å². The largest absolute Gasteiger partial charge is 0.338 e. The molecule has 0 bridgehead atoms. The highest BCUT2D eigenvalue weighted by Crippen LogP contribution is 2.27. The second-order valence-electron chi connectivity index (χ2n) is 4.22. The summed E-state index contributed by atoms with van der Waals surface area (Å²) in [4.78, 5) is 14.1. The summed E-state index contributed by atoms with van der Waals surface area (Å²) in [6.45, 7) is 3.37. The van der Waals surface area contributed by atoms with Crippen molar-refractivity contribution in [3.63, 3.8) is 0 Å². The second-order valence-corrected chi connectivity index (χ2v) is 7.47. The summed E-state index contributed by atoms with van der Waals surface area (Å²) in [5, 5.41) is 8.10. The first-order valence-corrected chi connectivity index (χ1v) is 9.57. The van der Waals surface area contributed by atoms with Crippen LogP contribution in [0.2, 0.25) is 0 Å². The maximum absolute atomic E-state index is 12.3. The van der Waals surface area contributed by atoms with Crippen molar-refractivity contribution in [1.82, 2.24) is 15.1 Å². The summed E-state index contributed by atoms with van der Waals surface area (Å²) in [7, 11) is 0. The molecule has 1 amide bonds. The van der Waals surface area contributed by atoms with Gasteiger partial charge in [0.1, 0.15) is 0 Å². The number of benzene rings is 1. The standard InChI is InChI=1S/C14H17N3OS3/c1-3-17(9-11-7-5-4-6-8-11)12(18)10-20-14-16-15-13(19-2)21-14/h4-8H,3,9-10H2,1-2H3. The van der Waals surface area contributed by atoms with Crippen LogP contribution in [0, 0.1) is 0 Å². The number of aromatic nitrogens is 2. The Hall–Kier alpha value is -1.05. The average Bonchev–Trinajstić information content (AvgIpc) is 2.99. The van der Waals surface area contributed by atoms with Gasteiger partial charge in [-0.15, -0.1) is 10.2 Å². The zero-order chi connectivity index (χ0) is 15.1. The fourth-order valence-electron chi connectivity index (χ4n) is 1.73. The summed E-state index contributed by atoms with van der Waals surface area (Å²) in [6, 6.07) is 10.1. The van der Waals surface area contributed by atoms with E-state index in [0.29, 0.717) is 18.8 Å². The molecule has 7 heteroatoms. The van der Waals surface area contributed by atoms with Gasteiger partial charge in [-0.05, 0) is 18.7 Å². The lowest BCUT2D eigenvalue weighted by Crippen LogP contribution is -2.31. The van der Waals surface area contributed by atoms with E-state index < -0.39 is 0 Å². The molecule has 0 N–H and O–H groups in total. The van der Waals surface area contributed by atoms with E-state index in [-0.39, 0.29) is 5.91 Å². The first-order valence-electron chi connectivity index (χ1n) is 6.55. The molecule has 0 aliphatic carbocycles. The molecule has 0 saturated heterocycles. The highest BCUT2D eigenvalue weighted by Gasteiger charge is 2.14. The van der Waals surface area contributed by atoms with Gasteiger partial charge >= 0.3 is 0 Å². The van der Waals surface area contributed by atoms with Gasteiger partial charge in [-0.1, -0.05) is 65.2 Å². The fourth-order valence-corrected chi connectivity index (χ4v) is 4.07. The van der Waals surface area contributed by atoms with E-state index in [1.54, 1.807) is 11.8 Å². The number of nitrogens with zero attached hydrogens (tertiary/aromatic N) is 3. The Labute approximate surface area is 137 Å². The molecule has 0 aliphatic heterocycles. The van der Waals surface area contributed by atoms with E-state index in [0.717, 1.165) is 14.2 Å². The molecule has 1 aromatic carbocycles. The number of carbonyl (C=O) groups excluding carboxylic acids is 1. The molecule has 0 fully saturated rings. The Morgan fingerprint density at radius 1 is 1.24 bits per heavy atom. The second kappa shape index (κ2) is 8.41. The quantitative estimate of drug-likeness (QED) is 0.724. The van der Waals surface area contributed by atoms with Crippen LogP contribution in [0.15, 0.2) is 39.0 Å². The summed E-state index contributed by atoms with van der Waals surface area (Å²) < 4.78 is 1.78. The molecular weight excluding hydrogens is 322 g/mol. The number of amides is 1. The van der Waals surface area contributed by atoms with Gasteiger partial charge in [0.2, 0.25) is 5.91 Å². The molecule has 21 heavy (non-hydrogen) atoms. The van der Waals surface area contributed by atoms with E-state index in [1.165, 1.54) is 23.1 Å². The molecule has 0 spiro atoms. The predicted octanol–water partition coefficient (Wildman–Crippen LogP) is 3.40. The number of thioether (sulfide) groups is 2. The van der Waals surface area contributed by atoms with Crippen molar-refractivity contribution in [2.75, 3.05) is 18.6 Å². The average molecular weight is 340 g/mol. The van der Waals surface area contributed by atoms with Crippen molar-refractivity contribution in [2.24, 2.45) is 0 Å². The van der Waals surface area contributed by atoms with E-state index in [9.17, 15) is 4.79 Å². The van der Waals surface area contributed by atoms with Crippen LogP contribution in [0.25, 0.3) is 0 Å². The molecule has 1 heterocycles. The molecular formula is C14H17N3OS3. The molecule has 4 nitrogen and oxygen atoms in total. The Bertz CT molecular complexity index is 574. The molecule has 1 aromatic heterocycles. The minimum absolute atomic E-state index is 0.132. The highest BCUT2D eigenvalue weighted by atomic mass is 32.2. The smallest absolute Gasteiger partial charge is 0.233 e. The van der Waals surface area contributed by atoms with Crippen LogP contribution in [0.1, 0.15) is 12.5 Å². The summed E-state index contributed by atoms with van der Waals surface area (Å²) in [5.74, 6) is 0.538. The van der Waals surface area contributed by atoms with Crippen LogP contribution in [-0.4, -0.2) is 39.6 Å². The fraction of sp³-hybridized carbons (Fsp3) is 0.357. The van der Waals surface area contributed by atoms with Crippen molar-refractivity contribution in [2.45, 2.75) is 22.1 Å². The first-order chi connectivity index (χ1) is 10.2. The monoisotopic (exact) mass is 339 g/mol. The molecule has 0 unspecified atom stereocenters. The van der Waals surface area contributed by atoms with E-state index >= 15 is 0 Å². The predicted molar refractivity (Wildman–Crippen MR) is 89.9 cm³/mol. The van der Waals surface area contributed by atoms with Crippen LogP contribution < -0.4 is 0 Å². The maximum Gasteiger partial charge on any atom is 0.233 e. The third-order valence-electron chi connectivity index (χ3n) is 2.83. The minimum atomic E-state index is 0.132. The molecule has 112 valence electrons. The Morgan fingerprint density at radius 3 is 2.57 bits per heavy atom. The molecule has 0 atom stereocenters. The van der Waals surface area contributed by atoms with Gasteiger partial charge < -0.3 is 4.90 Å². The molecule has 2 rings (SSSR count). The van der Waals surface area contributed by atoms with Crippen molar-refractivity contribution < 1.29 is 4.79 Å². The third kappa shape index (κ3) is 5.01. The molecule has 0 radical (unpaired) electrons. The lowest BCUT2D eigenvalue weighted by atomic mass is 10.2. The van der Waals surface area contributed by atoms with Gasteiger partial charge in [-0.3, -0.25) is 4.79 Å². The first kappa shape index (κ1) is 16.3. The minimum Gasteiger partial charge on any atom is -0.338 e. The SMILES string of the molecule is CCN(Cc1ccccc1)C(=O)CSc1nnc(SC)s1. The van der Waals surface area contributed by atoms with Crippen LogP contribution in [0.3, 0.4) is 0 Å². The third-order valence-corrected chi connectivity index (χ3v) is 5.85. The van der Waals surface area contributed by atoms with Gasteiger partial charge in [0.25, 0.3) is 0 Å². The number of hydrogen-bond donors (Lipinski definition) is 0. The number of carbonyl (C=O) groups is 1. The van der Waals surface area contributed by atoms with Crippen LogP contribution in [0.4, 0.5) is 0 Å². The van der Waals surface area contributed by atoms with E-state index in [1.807, 2.05) is 48.4 Å². The van der Waals surface area contributed by atoms with Crippen LogP contribution >= 0.6 is 34.9 Å². The van der Waals surface area contributed by atoms with Crippen molar-refractivity contribution in [3.8, 4) is 0 Å². The van der Waals surface area contributed by atoms with Gasteiger partial charge in [0.15, 0.2) is 8.68 Å². The van der Waals surface area contributed by atoms with E-state index in [2.05, 4.69) is 10.2 Å². The topological polar surface area (TPSA) is 46.1 Å². The Kier molecular flexibility index (Phi) is 6.53. The summed E-state index contributed by atoms with van der Waals surface area (Å²) in [6.07, 6.45) is 1.97. The highest BCUT2D eigenvalue weighted by molar-refractivity contribution is 8.03. The van der Waals surface area contributed by atoms with Gasteiger partial charge in [-0.2, -0.15) is 0 Å².